The van der Waals surface area contributed by atoms with Crippen molar-refractivity contribution in [1.82, 2.24) is 15.0 Å². The summed E-state index contributed by atoms with van der Waals surface area (Å²) in [5.41, 5.74) is 0. The van der Waals surface area contributed by atoms with Gasteiger partial charge in [0.2, 0.25) is 11.9 Å². The van der Waals surface area contributed by atoms with Gasteiger partial charge in [0, 0.05) is 27.2 Å². The molecule has 0 bridgehead atoms. The topological polar surface area (TPSA) is 72.4 Å². The average molecular weight is 281 g/mol. The minimum absolute atomic E-state index is 0.154. The molecule has 1 N–H and O–H groups in total. The second-order valence-corrected chi connectivity index (χ2v) is 5.01. The van der Waals surface area contributed by atoms with Crippen molar-refractivity contribution in [3.8, 4) is 6.01 Å². The van der Waals surface area contributed by atoms with Gasteiger partial charge in [-0.1, -0.05) is 6.92 Å². The van der Waals surface area contributed by atoms with Crippen LogP contribution in [-0.2, 0) is 4.74 Å². The molecule has 20 heavy (non-hydrogen) atoms. The van der Waals surface area contributed by atoms with E-state index in [1.807, 2.05) is 19.0 Å². The van der Waals surface area contributed by atoms with Crippen LogP contribution in [0.15, 0.2) is 0 Å². The van der Waals surface area contributed by atoms with Crippen molar-refractivity contribution in [2.45, 2.75) is 32.3 Å². The van der Waals surface area contributed by atoms with Gasteiger partial charge < -0.3 is 19.7 Å². The van der Waals surface area contributed by atoms with E-state index in [1.165, 1.54) is 0 Å². The number of rotatable bonds is 7. The zero-order valence-corrected chi connectivity index (χ0v) is 12.4. The minimum atomic E-state index is 0.154. The van der Waals surface area contributed by atoms with Gasteiger partial charge in [-0.2, -0.15) is 15.0 Å². The molecule has 1 atom stereocenters. The molecule has 7 heteroatoms. The Morgan fingerprint density at radius 2 is 2.20 bits per heavy atom. The molecular formula is C13H23N5O2. The van der Waals surface area contributed by atoms with Gasteiger partial charge in [0.1, 0.15) is 6.61 Å². The monoisotopic (exact) mass is 281 g/mol. The molecule has 1 aromatic rings. The first-order valence-electron chi connectivity index (χ1n) is 7.10. The Bertz CT molecular complexity index is 421. The molecule has 1 saturated heterocycles. The van der Waals surface area contributed by atoms with Gasteiger partial charge in [-0.3, -0.25) is 0 Å². The Morgan fingerprint density at radius 1 is 1.35 bits per heavy atom. The number of anilines is 2. The predicted molar refractivity (Wildman–Crippen MR) is 77.4 cm³/mol. The van der Waals surface area contributed by atoms with Crippen molar-refractivity contribution in [2.75, 3.05) is 44.1 Å². The Morgan fingerprint density at radius 3 is 2.85 bits per heavy atom. The molecule has 0 aliphatic carbocycles. The van der Waals surface area contributed by atoms with Crippen LogP contribution in [0, 0.1) is 0 Å². The summed E-state index contributed by atoms with van der Waals surface area (Å²) < 4.78 is 11.2. The summed E-state index contributed by atoms with van der Waals surface area (Å²) in [6.07, 6.45) is 3.29. The second kappa shape index (κ2) is 7.23. The summed E-state index contributed by atoms with van der Waals surface area (Å²) in [5.74, 6) is 1.13. The van der Waals surface area contributed by atoms with Gasteiger partial charge in [-0.25, -0.2) is 0 Å². The molecular weight excluding hydrogens is 258 g/mol. The molecule has 0 spiro atoms. The third-order valence-corrected chi connectivity index (χ3v) is 2.96. The van der Waals surface area contributed by atoms with Gasteiger partial charge >= 0.3 is 6.01 Å². The first-order valence-corrected chi connectivity index (χ1v) is 7.10. The normalized spacial score (nSPS) is 18.1. The van der Waals surface area contributed by atoms with E-state index in [0.29, 0.717) is 24.5 Å². The lowest BCUT2D eigenvalue weighted by atomic mass is 10.2. The lowest BCUT2D eigenvalue weighted by Gasteiger charge is -2.14. The molecule has 1 aromatic heterocycles. The maximum Gasteiger partial charge on any atom is 0.323 e. The Hall–Kier alpha value is -1.63. The van der Waals surface area contributed by atoms with Gasteiger partial charge in [0.15, 0.2) is 0 Å². The highest BCUT2D eigenvalue weighted by Crippen LogP contribution is 2.16. The first-order chi connectivity index (χ1) is 9.69. The quantitative estimate of drug-likeness (QED) is 0.808. The molecule has 1 unspecified atom stereocenters. The van der Waals surface area contributed by atoms with Gasteiger partial charge in [-0.05, 0) is 19.3 Å². The minimum Gasteiger partial charge on any atom is -0.461 e. The van der Waals surface area contributed by atoms with E-state index in [1.54, 1.807) is 0 Å². The third kappa shape index (κ3) is 4.19. The number of nitrogens with one attached hydrogen (secondary N) is 1. The van der Waals surface area contributed by atoms with Crippen LogP contribution in [0.3, 0.4) is 0 Å². The van der Waals surface area contributed by atoms with Crippen LogP contribution < -0.4 is 15.0 Å². The predicted octanol–water partition coefficient (Wildman–Crippen LogP) is 1.32. The van der Waals surface area contributed by atoms with Crippen molar-refractivity contribution >= 4 is 11.9 Å². The summed E-state index contributed by atoms with van der Waals surface area (Å²) >= 11 is 0. The van der Waals surface area contributed by atoms with Crippen LogP contribution in [0.4, 0.5) is 11.9 Å². The van der Waals surface area contributed by atoms with E-state index >= 15 is 0 Å². The molecule has 2 rings (SSSR count). The van der Waals surface area contributed by atoms with Gasteiger partial charge in [0.25, 0.3) is 0 Å². The fourth-order valence-corrected chi connectivity index (χ4v) is 1.87. The van der Waals surface area contributed by atoms with E-state index in [9.17, 15) is 0 Å². The summed E-state index contributed by atoms with van der Waals surface area (Å²) in [6, 6.07) is 0.345. The molecule has 1 fully saturated rings. The first kappa shape index (κ1) is 14.8. The van der Waals surface area contributed by atoms with Crippen molar-refractivity contribution in [2.24, 2.45) is 0 Å². The zero-order chi connectivity index (χ0) is 14.4. The molecule has 0 radical (unpaired) electrons. The van der Waals surface area contributed by atoms with Crippen LogP contribution in [0.5, 0.6) is 6.01 Å². The fourth-order valence-electron chi connectivity index (χ4n) is 1.87. The Kier molecular flexibility index (Phi) is 5.34. The summed E-state index contributed by atoms with van der Waals surface area (Å²) in [6.45, 7) is 4.22. The molecule has 1 aliphatic rings. The van der Waals surface area contributed by atoms with Crippen LogP contribution in [0.25, 0.3) is 0 Å². The lowest BCUT2D eigenvalue weighted by Crippen LogP contribution is -2.20. The number of hydrogen-bond donors (Lipinski definition) is 1. The van der Waals surface area contributed by atoms with Crippen LogP contribution >= 0.6 is 0 Å². The number of ether oxygens (including phenoxy) is 2. The Balaban J connectivity index is 2.02. The van der Waals surface area contributed by atoms with Gasteiger partial charge in [0.05, 0.1) is 6.10 Å². The highest BCUT2D eigenvalue weighted by atomic mass is 16.5. The molecule has 0 saturated carbocycles. The summed E-state index contributed by atoms with van der Waals surface area (Å²) in [4.78, 5) is 14.7. The maximum absolute atomic E-state index is 5.65. The van der Waals surface area contributed by atoms with E-state index in [2.05, 4.69) is 27.2 Å². The van der Waals surface area contributed by atoms with Crippen molar-refractivity contribution in [3.05, 3.63) is 0 Å². The zero-order valence-electron chi connectivity index (χ0n) is 12.4. The lowest BCUT2D eigenvalue weighted by molar-refractivity contribution is 0.0645. The third-order valence-electron chi connectivity index (χ3n) is 2.96. The number of aromatic nitrogens is 3. The van der Waals surface area contributed by atoms with Crippen molar-refractivity contribution < 1.29 is 9.47 Å². The largest absolute Gasteiger partial charge is 0.461 e. The molecule has 0 amide bonds. The average Bonchev–Trinajstić information content (AvgIpc) is 2.96. The SMILES string of the molecule is CCCNc1nc(OCC2CCCO2)nc(N(C)C)n1. The van der Waals surface area contributed by atoms with Crippen molar-refractivity contribution in [3.63, 3.8) is 0 Å². The van der Waals surface area contributed by atoms with E-state index in [4.69, 9.17) is 9.47 Å². The van der Waals surface area contributed by atoms with Crippen molar-refractivity contribution in [1.29, 1.82) is 0 Å². The van der Waals surface area contributed by atoms with E-state index in [-0.39, 0.29) is 6.10 Å². The molecule has 112 valence electrons. The van der Waals surface area contributed by atoms with Crippen LogP contribution in [0.2, 0.25) is 0 Å². The highest BCUT2D eigenvalue weighted by molar-refractivity contribution is 5.36. The fraction of sp³-hybridized carbons (Fsp3) is 0.769. The standard InChI is InChI=1S/C13H23N5O2/c1-4-7-14-11-15-12(18(2)3)17-13(16-11)20-9-10-6-5-8-19-10/h10H,4-9H2,1-3H3,(H,14,15,16,17). The Labute approximate surface area is 119 Å². The molecule has 0 aromatic carbocycles. The number of nitrogens with zero attached hydrogens (tertiary/aromatic N) is 4. The maximum atomic E-state index is 5.65. The molecule has 7 nitrogen and oxygen atoms in total. The smallest absolute Gasteiger partial charge is 0.323 e. The summed E-state index contributed by atoms with van der Waals surface area (Å²) in [5, 5.41) is 3.16. The van der Waals surface area contributed by atoms with Gasteiger partial charge in [-0.15, -0.1) is 0 Å². The van der Waals surface area contributed by atoms with Crippen LogP contribution in [0.1, 0.15) is 26.2 Å². The second-order valence-electron chi connectivity index (χ2n) is 5.01. The van der Waals surface area contributed by atoms with E-state index < -0.39 is 0 Å². The van der Waals surface area contributed by atoms with E-state index in [0.717, 1.165) is 32.4 Å². The summed E-state index contributed by atoms with van der Waals surface area (Å²) in [7, 11) is 3.78. The van der Waals surface area contributed by atoms with Crippen LogP contribution in [-0.4, -0.2) is 54.9 Å². The molecule has 1 aliphatic heterocycles. The number of hydrogen-bond acceptors (Lipinski definition) is 7. The highest BCUT2D eigenvalue weighted by Gasteiger charge is 2.17. The molecule has 2 heterocycles.